The average molecular weight is 293 g/mol. The van der Waals surface area contributed by atoms with Crippen LogP contribution in [0.2, 0.25) is 0 Å². The number of hydrogen-bond acceptors (Lipinski definition) is 4. The van der Waals surface area contributed by atoms with Crippen LogP contribution in [0, 0.1) is 11.3 Å². The number of furan rings is 1. The van der Waals surface area contributed by atoms with Gasteiger partial charge in [0.2, 0.25) is 5.88 Å². The molecule has 4 nitrogen and oxygen atoms in total. The van der Waals surface area contributed by atoms with E-state index >= 15 is 0 Å². The molecule has 17 heavy (non-hydrogen) atoms. The Hall–Kier alpha value is -1.93. The maximum Gasteiger partial charge on any atom is 0.208 e. The van der Waals surface area contributed by atoms with Crippen molar-refractivity contribution in [3.8, 4) is 22.9 Å². The quantitative estimate of drug-likeness (QED) is 0.923. The lowest BCUT2D eigenvalue weighted by molar-refractivity contribution is 0.412. The number of rotatable bonds is 2. The Balaban J connectivity index is 2.54. The first-order valence-electron chi connectivity index (χ1n) is 4.78. The third-order valence-corrected chi connectivity index (χ3v) is 3.01. The molecule has 2 N–H and O–H groups in total. The molecule has 1 aromatic heterocycles. The van der Waals surface area contributed by atoms with Gasteiger partial charge in [-0.25, -0.2) is 0 Å². The van der Waals surface area contributed by atoms with Crippen LogP contribution in [-0.4, -0.2) is 7.11 Å². The molecule has 0 bridgehead atoms. The SMILES string of the molecule is COc1ccc(-c2coc(N)c2C#N)cc1Br. The second-order valence-electron chi connectivity index (χ2n) is 3.35. The predicted octanol–water partition coefficient (Wildman–Crippen LogP) is 3.17. The monoisotopic (exact) mass is 292 g/mol. The zero-order valence-corrected chi connectivity index (χ0v) is 10.6. The molecule has 5 heteroatoms. The second-order valence-corrected chi connectivity index (χ2v) is 4.20. The Morgan fingerprint density at radius 3 is 2.82 bits per heavy atom. The smallest absolute Gasteiger partial charge is 0.208 e. The van der Waals surface area contributed by atoms with Gasteiger partial charge in [-0.15, -0.1) is 0 Å². The maximum atomic E-state index is 8.99. The first-order valence-corrected chi connectivity index (χ1v) is 5.57. The van der Waals surface area contributed by atoms with Crippen LogP contribution in [0.4, 0.5) is 5.88 Å². The molecule has 86 valence electrons. The molecule has 0 fully saturated rings. The van der Waals surface area contributed by atoms with Crippen molar-refractivity contribution in [1.82, 2.24) is 0 Å². The highest BCUT2D eigenvalue weighted by atomic mass is 79.9. The van der Waals surface area contributed by atoms with E-state index in [1.165, 1.54) is 6.26 Å². The van der Waals surface area contributed by atoms with Gasteiger partial charge in [-0.05, 0) is 33.6 Å². The van der Waals surface area contributed by atoms with Crippen molar-refractivity contribution >= 4 is 21.8 Å². The van der Waals surface area contributed by atoms with Gasteiger partial charge in [0.15, 0.2) is 0 Å². The van der Waals surface area contributed by atoms with E-state index in [4.69, 9.17) is 20.1 Å². The maximum absolute atomic E-state index is 8.99. The highest BCUT2D eigenvalue weighted by Gasteiger charge is 2.13. The number of nitrogen functional groups attached to an aromatic ring is 1. The van der Waals surface area contributed by atoms with Gasteiger partial charge in [0, 0.05) is 5.56 Å². The summed E-state index contributed by atoms with van der Waals surface area (Å²) in [5.74, 6) is 0.859. The summed E-state index contributed by atoms with van der Waals surface area (Å²) in [4.78, 5) is 0. The highest BCUT2D eigenvalue weighted by Crippen LogP contribution is 2.34. The molecule has 0 aliphatic rings. The number of benzene rings is 1. The van der Waals surface area contributed by atoms with E-state index in [1.807, 2.05) is 24.3 Å². The molecule has 1 heterocycles. The summed E-state index contributed by atoms with van der Waals surface area (Å²) in [6, 6.07) is 7.53. The van der Waals surface area contributed by atoms with Gasteiger partial charge in [0.05, 0.1) is 11.6 Å². The number of anilines is 1. The number of halogens is 1. The minimum Gasteiger partial charge on any atom is -0.496 e. The van der Waals surface area contributed by atoms with Gasteiger partial charge in [-0.1, -0.05) is 6.07 Å². The molecule has 1 aromatic carbocycles. The van der Waals surface area contributed by atoms with E-state index in [0.717, 1.165) is 15.8 Å². The zero-order chi connectivity index (χ0) is 12.4. The van der Waals surface area contributed by atoms with E-state index in [9.17, 15) is 0 Å². The third kappa shape index (κ3) is 1.99. The number of hydrogen-bond donors (Lipinski definition) is 1. The molecule has 0 saturated carbocycles. The van der Waals surface area contributed by atoms with Gasteiger partial charge in [-0.3, -0.25) is 0 Å². The zero-order valence-electron chi connectivity index (χ0n) is 9.03. The van der Waals surface area contributed by atoms with Crippen LogP contribution in [0.1, 0.15) is 5.56 Å². The lowest BCUT2D eigenvalue weighted by atomic mass is 10.0. The van der Waals surface area contributed by atoms with E-state index in [1.54, 1.807) is 7.11 Å². The van der Waals surface area contributed by atoms with Gasteiger partial charge in [0.25, 0.3) is 0 Å². The largest absolute Gasteiger partial charge is 0.496 e. The van der Waals surface area contributed by atoms with Crippen LogP contribution >= 0.6 is 15.9 Å². The molecule has 0 radical (unpaired) electrons. The van der Waals surface area contributed by atoms with E-state index < -0.39 is 0 Å². The molecule has 0 saturated heterocycles. The van der Waals surface area contributed by atoms with Crippen molar-refractivity contribution in [2.75, 3.05) is 12.8 Å². The molecule has 0 spiro atoms. The normalized spacial score (nSPS) is 9.94. The standard InChI is InChI=1S/C12H9BrN2O2/c1-16-11-3-2-7(4-10(11)13)9-6-17-12(15)8(9)5-14/h2-4,6H,15H2,1H3. The van der Waals surface area contributed by atoms with Crippen LogP contribution in [-0.2, 0) is 0 Å². The summed E-state index contributed by atoms with van der Waals surface area (Å²) < 4.78 is 11.0. The van der Waals surface area contributed by atoms with E-state index in [-0.39, 0.29) is 5.88 Å². The first-order chi connectivity index (χ1) is 8.17. The van der Waals surface area contributed by atoms with Gasteiger partial charge in [0.1, 0.15) is 23.6 Å². The van der Waals surface area contributed by atoms with Crippen molar-refractivity contribution in [2.45, 2.75) is 0 Å². The molecular weight excluding hydrogens is 284 g/mol. The Labute approximate surface area is 107 Å². The van der Waals surface area contributed by atoms with Gasteiger partial charge < -0.3 is 14.9 Å². The molecule has 0 atom stereocenters. The van der Waals surface area contributed by atoms with Crippen LogP contribution < -0.4 is 10.5 Å². The molecule has 0 aliphatic carbocycles. The molecule has 0 unspecified atom stereocenters. The minimum atomic E-state index is 0.134. The Morgan fingerprint density at radius 2 is 2.24 bits per heavy atom. The number of nitrogens with two attached hydrogens (primary N) is 1. The summed E-state index contributed by atoms with van der Waals surface area (Å²) in [7, 11) is 1.59. The second kappa shape index (κ2) is 4.52. The average Bonchev–Trinajstić information content (AvgIpc) is 2.70. The molecule has 0 amide bonds. The lowest BCUT2D eigenvalue weighted by Gasteiger charge is -2.05. The van der Waals surface area contributed by atoms with Gasteiger partial charge >= 0.3 is 0 Å². The first kappa shape index (κ1) is 11.6. The Bertz CT molecular complexity index is 599. The minimum absolute atomic E-state index is 0.134. The number of nitriles is 1. The van der Waals surface area contributed by atoms with Crippen LogP contribution in [0.15, 0.2) is 33.4 Å². The summed E-state index contributed by atoms with van der Waals surface area (Å²) in [6.45, 7) is 0. The topological polar surface area (TPSA) is 72.2 Å². The number of ether oxygens (including phenoxy) is 1. The lowest BCUT2D eigenvalue weighted by Crippen LogP contribution is -1.88. The van der Waals surface area contributed by atoms with Crippen molar-refractivity contribution in [1.29, 1.82) is 5.26 Å². The molecule has 0 aliphatic heterocycles. The molecular formula is C12H9BrN2O2. The summed E-state index contributed by atoms with van der Waals surface area (Å²) >= 11 is 3.39. The van der Waals surface area contributed by atoms with E-state index in [0.29, 0.717) is 11.1 Å². The third-order valence-electron chi connectivity index (χ3n) is 2.39. The van der Waals surface area contributed by atoms with E-state index in [2.05, 4.69) is 15.9 Å². The van der Waals surface area contributed by atoms with Crippen molar-refractivity contribution in [3.63, 3.8) is 0 Å². The molecule has 2 rings (SSSR count). The Morgan fingerprint density at radius 1 is 1.47 bits per heavy atom. The fourth-order valence-electron chi connectivity index (χ4n) is 1.53. The fraction of sp³-hybridized carbons (Fsp3) is 0.0833. The predicted molar refractivity (Wildman–Crippen MR) is 67.5 cm³/mol. The van der Waals surface area contributed by atoms with Crippen LogP contribution in [0.5, 0.6) is 5.75 Å². The molecule has 2 aromatic rings. The van der Waals surface area contributed by atoms with Gasteiger partial charge in [-0.2, -0.15) is 5.26 Å². The Kier molecular flexibility index (Phi) is 3.07. The van der Waals surface area contributed by atoms with Crippen LogP contribution in [0.3, 0.4) is 0 Å². The summed E-state index contributed by atoms with van der Waals surface area (Å²) in [6.07, 6.45) is 1.47. The summed E-state index contributed by atoms with van der Waals surface area (Å²) in [5.41, 5.74) is 7.42. The highest BCUT2D eigenvalue weighted by molar-refractivity contribution is 9.10. The number of methoxy groups -OCH3 is 1. The number of nitrogens with zero attached hydrogens (tertiary/aromatic N) is 1. The van der Waals surface area contributed by atoms with Crippen molar-refractivity contribution < 1.29 is 9.15 Å². The summed E-state index contributed by atoms with van der Waals surface area (Å²) in [5, 5.41) is 8.99. The van der Waals surface area contributed by atoms with Crippen LogP contribution in [0.25, 0.3) is 11.1 Å². The fourth-order valence-corrected chi connectivity index (χ4v) is 2.08. The van der Waals surface area contributed by atoms with Crippen molar-refractivity contribution in [2.24, 2.45) is 0 Å². The van der Waals surface area contributed by atoms with Crippen molar-refractivity contribution in [3.05, 3.63) is 34.5 Å².